The Labute approximate surface area is 156 Å². The van der Waals surface area contributed by atoms with Gasteiger partial charge in [0.05, 0.1) is 10.5 Å². The predicted molar refractivity (Wildman–Crippen MR) is 100 cm³/mol. The van der Waals surface area contributed by atoms with Crippen molar-refractivity contribution in [2.24, 2.45) is 5.92 Å². The van der Waals surface area contributed by atoms with Gasteiger partial charge in [-0.15, -0.1) is 0 Å². The summed E-state index contributed by atoms with van der Waals surface area (Å²) < 4.78 is 5.26. The third-order valence-corrected chi connectivity index (χ3v) is 4.68. The van der Waals surface area contributed by atoms with Gasteiger partial charge in [-0.05, 0) is 55.2 Å². The number of anilines is 1. The van der Waals surface area contributed by atoms with Crippen molar-refractivity contribution in [1.82, 2.24) is 0 Å². The highest BCUT2D eigenvalue weighted by Crippen LogP contribution is 2.32. The molecule has 0 radical (unpaired) electrons. The Hall–Kier alpha value is -2.60. The van der Waals surface area contributed by atoms with Crippen LogP contribution in [0.2, 0.25) is 5.02 Å². The molecule has 1 saturated heterocycles. The van der Waals surface area contributed by atoms with Crippen LogP contribution in [0.25, 0.3) is 0 Å². The van der Waals surface area contributed by atoms with Gasteiger partial charge in [0.25, 0.3) is 5.69 Å². The van der Waals surface area contributed by atoms with Crippen LogP contribution in [-0.2, 0) is 0 Å². The highest BCUT2D eigenvalue weighted by molar-refractivity contribution is 6.30. The number of nitro benzene ring substituents is 1. The number of rotatable bonds is 4. The number of carbonyl (C=O) groups excluding carboxylic acids is 1. The van der Waals surface area contributed by atoms with Crippen LogP contribution in [0, 0.1) is 16.0 Å². The molecular weight excluding hydrogens is 356 g/mol. The van der Waals surface area contributed by atoms with E-state index in [2.05, 4.69) is 6.92 Å². The molecule has 0 spiro atoms. The van der Waals surface area contributed by atoms with Crippen molar-refractivity contribution in [3.05, 3.63) is 63.2 Å². The fraction of sp³-hybridized carbons (Fsp3) is 0.316. The Morgan fingerprint density at radius 1 is 1.27 bits per heavy atom. The largest absolute Gasteiger partial charge is 0.423 e. The van der Waals surface area contributed by atoms with E-state index in [1.807, 2.05) is 4.90 Å². The van der Waals surface area contributed by atoms with Crippen LogP contribution in [0.1, 0.15) is 30.1 Å². The molecule has 7 heteroatoms. The van der Waals surface area contributed by atoms with Gasteiger partial charge in [-0.2, -0.15) is 0 Å². The maximum atomic E-state index is 12.3. The SMILES string of the molecule is C[C@@H]1CCCN(c2ccc(C(=O)Oc3ccc(Cl)cc3)cc2[N+](=O)[O-])C1. The fourth-order valence-corrected chi connectivity index (χ4v) is 3.27. The zero-order valence-electron chi connectivity index (χ0n) is 14.4. The number of halogens is 1. The molecule has 0 unspecified atom stereocenters. The molecule has 1 atom stereocenters. The van der Waals surface area contributed by atoms with Gasteiger partial charge in [-0.25, -0.2) is 4.79 Å². The first kappa shape index (κ1) is 18.2. The number of nitro groups is 1. The normalized spacial score (nSPS) is 17.0. The first-order valence-corrected chi connectivity index (χ1v) is 8.83. The minimum absolute atomic E-state index is 0.0790. The summed E-state index contributed by atoms with van der Waals surface area (Å²) in [5, 5.41) is 12.1. The van der Waals surface area contributed by atoms with E-state index >= 15 is 0 Å². The highest BCUT2D eigenvalue weighted by Gasteiger charge is 2.25. The lowest BCUT2D eigenvalue weighted by molar-refractivity contribution is -0.384. The molecule has 0 aromatic heterocycles. The first-order valence-electron chi connectivity index (χ1n) is 8.45. The van der Waals surface area contributed by atoms with Gasteiger partial charge in [0.1, 0.15) is 11.4 Å². The summed E-state index contributed by atoms with van der Waals surface area (Å²) >= 11 is 5.80. The third kappa shape index (κ3) is 4.14. The molecule has 0 bridgehead atoms. The van der Waals surface area contributed by atoms with Gasteiger partial charge < -0.3 is 9.64 Å². The molecule has 1 heterocycles. The Morgan fingerprint density at radius 3 is 2.65 bits per heavy atom. The molecule has 1 aliphatic heterocycles. The lowest BCUT2D eigenvalue weighted by Gasteiger charge is -2.32. The van der Waals surface area contributed by atoms with Gasteiger partial charge in [0.15, 0.2) is 0 Å². The summed E-state index contributed by atoms with van der Waals surface area (Å²) in [5.74, 6) is 0.169. The minimum atomic E-state index is -0.644. The number of esters is 1. The predicted octanol–water partition coefficient (Wildman–Crippen LogP) is 4.70. The zero-order valence-corrected chi connectivity index (χ0v) is 15.1. The number of ether oxygens (including phenoxy) is 1. The lowest BCUT2D eigenvalue weighted by Crippen LogP contribution is -2.34. The topological polar surface area (TPSA) is 72.7 Å². The van der Waals surface area contributed by atoms with E-state index in [4.69, 9.17) is 16.3 Å². The molecule has 0 aliphatic carbocycles. The van der Waals surface area contributed by atoms with Crippen LogP contribution in [0.4, 0.5) is 11.4 Å². The van der Waals surface area contributed by atoms with Gasteiger partial charge in [-0.1, -0.05) is 18.5 Å². The molecular formula is C19H19ClN2O4. The zero-order chi connectivity index (χ0) is 18.7. The molecule has 0 N–H and O–H groups in total. The van der Waals surface area contributed by atoms with Crippen molar-refractivity contribution in [3.8, 4) is 5.75 Å². The molecule has 0 saturated carbocycles. The fourth-order valence-electron chi connectivity index (χ4n) is 3.14. The molecule has 3 rings (SSSR count). The van der Waals surface area contributed by atoms with Crippen molar-refractivity contribution in [2.45, 2.75) is 19.8 Å². The van der Waals surface area contributed by atoms with Gasteiger partial charge in [-0.3, -0.25) is 10.1 Å². The molecule has 0 amide bonds. The molecule has 1 aliphatic rings. The van der Waals surface area contributed by atoms with Crippen LogP contribution in [0.3, 0.4) is 0 Å². The smallest absolute Gasteiger partial charge is 0.343 e. The van der Waals surface area contributed by atoms with Crippen LogP contribution < -0.4 is 9.64 Å². The van der Waals surface area contributed by atoms with E-state index in [0.717, 1.165) is 25.9 Å². The second-order valence-electron chi connectivity index (χ2n) is 6.50. The van der Waals surface area contributed by atoms with Crippen molar-refractivity contribution in [2.75, 3.05) is 18.0 Å². The van der Waals surface area contributed by atoms with E-state index in [9.17, 15) is 14.9 Å². The number of hydrogen-bond acceptors (Lipinski definition) is 5. The summed E-state index contributed by atoms with van der Waals surface area (Å²) in [4.78, 5) is 25.4. The van der Waals surface area contributed by atoms with Gasteiger partial charge in [0, 0.05) is 24.2 Å². The molecule has 6 nitrogen and oxygen atoms in total. The van der Waals surface area contributed by atoms with Crippen LogP contribution in [0.15, 0.2) is 42.5 Å². The van der Waals surface area contributed by atoms with Gasteiger partial charge >= 0.3 is 5.97 Å². The monoisotopic (exact) mass is 374 g/mol. The van der Waals surface area contributed by atoms with Crippen molar-refractivity contribution < 1.29 is 14.5 Å². The Bertz CT molecular complexity index is 823. The standard InChI is InChI=1S/C19H19ClN2O4/c1-13-3-2-10-21(12-13)17-9-4-14(11-18(17)22(24)25)19(23)26-16-7-5-15(20)6-8-16/h4-9,11,13H,2-3,10,12H2,1H3/t13-/m1/s1. The Kier molecular flexibility index (Phi) is 5.42. The summed E-state index contributed by atoms with van der Waals surface area (Å²) in [5.41, 5.74) is 0.606. The number of piperidine rings is 1. The van der Waals surface area contributed by atoms with E-state index < -0.39 is 10.9 Å². The summed E-state index contributed by atoms with van der Waals surface area (Å²) in [6, 6.07) is 10.8. The molecule has 2 aromatic carbocycles. The highest BCUT2D eigenvalue weighted by atomic mass is 35.5. The lowest BCUT2D eigenvalue weighted by atomic mass is 9.99. The Morgan fingerprint density at radius 2 is 2.00 bits per heavy atom. The maximum absolute atomic E-state index is 12.3. The summed E-state index contributed by atoms with van der Waals surface area (Å²) in [6.07, 6.45) is 2.12. The summed E-state index contributed by atoms with van der Waals surface area (Å²) in [7, 11) is 0. The van der Waals surface area contributed by atoms with Crippen LogP contribution >= 0.6 is 11.6 Å². The van der Waals surface area contributed by atoms with E-state index in [0.29, 0.717) is 22.4 Å². The average molecular weight is 375 g/mol. The Balaban J connectivity index is 1.84. The molecule has 1 fully saturated rings. The number of hydrogen-bond donors (Lipinski definition) is 0. The number of benzene rings is 2. The molecule has 136 valence electrons. The number of carbonyl (C=O) groups is 1. The molecule has 2 aromatic rings. The summed E-state index contributed by atoms with van der Waals surface area (Å²) in [6.45, 7) is 3.69. The third-order valence-electron chi connectivity index (χ3n) is 4.43. The second-order valence-corrected chi connectivity index (χ2v) is 6.93. The minimum Gasteiger partial charge on any atom is -0.423 e. The second kappa shape index (κ2) is 7.74. The maximum Gasteiger partial charge on any atom is 0.343 e. The van der Waals surface area contributed by atoms with E-state index in [1.165, 1.54) is 6.07 Å². The van der Waals surface area contributed by atoms with Gasteiger partial charge in [0.2, 0.25) is 0 Å². The molecule has 26 heavy (non-hydrogen) atoms. The van der Waals surface area contributed by atoms with Crippen LogP contribution in [-0.4, -0.2) is 24.0 Å². The number of nitrogens with zero attached hydrogens (tertiary/aromatic N) is 2. The van der Waals surface area contributed by atoms with Crippen molar-refractivity contribution in [1.29, 1.82) is 0 Å². The van der Waals surface area contributed by atoms with Crippen LogP contribution in [0.5, 0.6) is 5.75 Å². The first-order chi connectivity index (χ1) is 12.4. The average Bonchev–Trinajstić information content (AvgIpc) is 2.63. The quantitative estimate of drug-likeness (QED) is 0.335. The van der Waals surface area contributed by atoms with Crippen molar-refractivity contribution in [3.63, 3.8) is 0 Å². The van der Waals surface area contributed by atoms with E-state index in [-0.39, 0.29) is 11.3 Å². The van der Waals surface area contributed by atoms with Crippen molar-refractivity contribution >= 4 is 28.9 Å². The van der Waals surface area contributed by atoms with E-state index in [1.54, 1.807) is 36.4 Å².